The van der Waals surface area contributed by atoms with Crippen molar-refractivity contribution < 1.29 is 4.74 Å². The molecule has 0 fully saturated rings. The Morgan fingerprint density at radius 1 is 1.28 bits per heavy atom. The van der Waals surface area contributed by atoms with Crippen LogP contribution in [0.25, 0.3) is 0 Å². The van der Waals surface area contributed by atoms with E-state index in [1.807, 2.05) is 25.1 Å². The lowest BCUT2D eigenvalue weighted by Crippen LogP contribution is -2.22. The SMILES string of the molecule is Cc1ccc(Cl)c(OCCNCCCC(C)C)c1. The van der Waals surface area contributed by atoms with E-state index in [1.54, 1.807) is 0 Å². The first-order valence-electron chi connectivity index (χ1n) is 6.69. The van der Waals surface area contributed by atoms with E-state index in [0.717, 1.165) is 24.8 Å². The van der Waals surface area contributed by atoms with Crippen molar-refractivity contribution in [3.05, 3.63) is 28.8 Å². The standard InChI is InChI=1S/C15H24ClNO/c1-12(2)5-4-8-17-9-10-18-15-11-13(3)6-7-14(15)16/h6-7,11-12,17H,4-5,8-10H2,1-3H3. The van der Waals surface area contributed by atoms with Crippen LogP contribution >= 0.6 is 11.6 Å². The molecule has 0 aliphatic heterocycles. The second kappa shape index (κ2) is 8.39. The van der Waals surface area contributed by atoms with Crippen molar-refractivity contribution >= 4 is 11.6 Å². The molecule has 0 unspecified atom stereocenters. The minimum absolute atomic E-state index is 0.658. The molecule has 0 bridgehead atoms. The molecule has 0 heterocycles. The highest BCUT2D eigenvalue weighted by molar-refractivity contribution is 6.32. The van der Waals surface area contributed by atoms with Crippen molar-refractivity contribution in [2.24, 2.45) is 5.92 Å². The Morgan fingerprint density at radius 3 is 2.78 bits per heavy atom. The van der Waals surface area contributed by atoms with Crippen LogP contribution < -0.4 is 10.1 Å². The summed E-state index contributed by atoms with van der Waals surface area (Å²) in [6, 6.07) is 5.84. The van der Waals surface area contributed by atoms with Gasteiger partial charge in [-0.2, -0.15) is 0 Å². The number of hydrogen-bond acceptors (Lipinski definition) is 2. The largest absolute Gasteiger partial charge is 0.491 e. The van der Waals surface area contributed by atoms with Crippen molar-refractivity contribution in [3.63, 3.8) is 0 Å². The van der Waals surface area contributed by atoms with Gasteiger partial charge in [0.2, 0.25) is 0 Å². The highest BCUT2D eigenvalue weighted by atomic mass is 35.5. The van der Waals surface area contributed by atoms with Gasteiger partial charge in [0.05, 0.1) is 5.02 Å². The van der Waals surface area contributed by atoms with Gasteiger partial charge in [0, 0.05) is 6.54 Å². The zero-order chi connectivity index (χ0) is 13.4. The average Bonchev–Trinajstić information content (AvgIpc) is 2.32. The summed E-state index contributed by atoms with van der Waals surface area (Å²) in [4.78, 5) is 0. The third-order valence-electron chi connectivity index (χ3n) is 2.76. The number of halogens is 1. The van der Waals surface area contributed by atoms with Crippen molar-refractivity contribution in [3.8, 4) is 5.75 Å². The second-order valence-electron chi connectivity index (χ2n) is 5.07. The van der Waals surface area contributed by atoms with E-state index in [2.05, 4.69) is 19.2 Å². The highest BCUT2D eigenvalue weighted by Crippen LogP contribution is 2.24. The molecule has 0 amide bonds. The molecule has 0 radical (unpaired) electrons. The van der Waals surface area contributed by atoms with Crippen LogP contribution in [0.15, 0.2) is 18.2 Å². The van der Waals surface area contributed by atoms with Gasteiger partial charge in [-0.15, -0.1) is 0 Å². The quantitative estimate of drug-likeness (QED) is 0.719. The van der Waals surface area contributed by atoms with Crippen LogP contribution in [-0.4, -0.2) is 19.7 Å². The molecular weight excluding hydrogens is 246 g/mol. The Hall–Kier alpha value is -0.730. The Morgan fingerprint density at radius 2 is 2.06 bits per heavy atom. The number of aryl methyl sites for hydroxylation is 1. The molecule has 102 valence electrons. The molecule has 1 rings (SSSR count). The maximum Gasteiger partial charge on any atom is 0.138 e. The molecule has 3 heteroatoms. The van der Waals surface area contributed by atoms with Crippen LogP contribution in [0.5, 0.6) is 5.75 Å². The molecule has 1 aromatic rings. The van der Waals surface area contributed by atoms with Gasteiger partial charge in [-0.05, 0) is 49.9 Å². The fraction of sp³-hybridized carbons (Fsp3) is 0.600. The highest BCUT2D eigenvalue weighted by Gasteiger charge is 2.01. The summed E-state index contributed by atoms with van der Waals surface area (Å²) >= 11 is 6.05. The number of benzene rings is 1. The molecule has 0 aromatic heterocycles. The van der Waals surface area contributed by atoms with Gasteiger partial charge in [0.1, 0.15) is 12.4 Å². The van der Waals surface area contributed by atoms with Gasteiger partial charge in [-0.25, -0.2) is 0 Å². The Balaban J connectivity index is 2.12. The molecule has 0 aliphatic carbocycles. The van der Waals surface area contributed by atoms with Gasteiger partial charge >= 0.3 is 0 Å². The minimum atomic E-state index is 0.658. The normalized spacial score (nSPS) is 10.9. The van der Waals surface area contributed by atoms with E-state index >= 15 is 0 Å². The Kier molecular flexibility index (Phi) is 7.14. The van der Waals surface area contributed by atoms with Gasteiger partial charge in [0.15, 0.2) is 0 Å². The number of rotatable bonds is 8. The first kappa shape index (κ1) is 15.3. The maximum absolute atomic E-state index is 6.05. The zero-order valence-electron chi connectivity index (χ0n) is 11.6. The van der Waals surface area contributed by atoms with Crippen LogP contribution in [0.1, 0.15) is 32.3 Å². The minimum Gasteiger partial charge on any atom is -0.491 e. The van der Waals surface area contributed by atoms with Crippen molar-refractivity contribution in [1.82, 2.24) is 5.32 Å². The molecule has 0 atom stereocenters. The summed E-state index contributed by atoms with van der Waals surface area (Å²) in [7, 11) is 0. The van der Waals surface area contributed by atoms with Crippen LogP contribution in [0, 0.1) is 12.8 Å². The summed E-state index contributed by atoms with van der Waals surface area (Å²) < 4.78 is 5.65. The lowest BCUT2D eigenvalue weighted by Gasteiger charge is -2.10. The average molecular weight is 270 g/mol. The third-order valence-corrected chi connectivity index (χ3v) is 3.07. The van der Waals surface area contributed by atoms with E-state index in [0.29, 0.717) is 11.6 Å². The predicted octanol–water partition coefficient (Wildman–Crippen LogP) is 4.05. The monoisotopic (exact) mass is 269 g/mol. The predicted molar refractivity (Wildman–Crippen MR) is 78.6 cm³/mol. The van der Waals surface area contributed by atoms with Crippen molar-refractivity contribution in [2.45, 2.75) is 33.6 Å². The third kappa shape index (κ3) is 6.27. The molecule has 1 aromatic carbocycles. The topological polar surface area (TPSA) is 21.3 Å². The van der Waals surface area contributed by atoms with Gasteiger partial charge in [-0.3, -0.25) is 0 Å². The molecular formula is C15H24ClNO. The molecule has 18 heavy (non-hydrogen) atoms. The summed E-state index contributed by atoms with van der Waals surface area (Å²) in [5.74, 6) is 1.56. The van der Waals surface area contributed by atoms with Crippen LogP contribution in [0.2, 0.25) is 5.02 Å². The van der Waals surface area contributed by atoms with Gasteiger partial charge in [-0.1, -0.05) is 31.5 Å². The fourth-order valence-electron chi connectivity index (χ4n) is 1.71. The van der Waals surface area contributed by atoms with E-state index < -0.39 is 0 Å². The van der Waals surface area contributed by atoms with E-state index in [1.165, 1.54) is 18.4 Å². The summed E-state index contributed by atoms with van der Waals surface area (Å²) in [5.41, 5.74) is 1.17. The summed E-state index contributed by atoms with van der Waals surface area (Å²) in [6.45, 7) is 9.12. The molecule has 0 saturated heterocycles. The Labute approximate surface area is 116 Å². The number of ether oxygens (including phenoxy) is 1. The van der Waals surface area contributed by atoms with Crippen LogP contribution in [0.3, 0.4) is 0 Å². The summed E-state index contributed by atoms with van der Waals surface area (Å²) in [6.07, 6.45) is 2.50. The summed E-state index contributed by atoms with van der Waals surface area (Å²) in [5, 5.41) is 4.06. The molecule has 0 aliphatic rings. The van der Waals surface area contributed by atoms with Crippen molar-refractivity contribution in [1.29, 1.82) is 0 Å². The Bertz CT molecular complexity index is 352. The number of hydrogen-bond donors (Lipinski definition) is 1. The van der Waals surface area contributed by atoms with Gasteiger partial charge < -0.3 is 10.1 Å². The first-order chi connectivity index (χ1) is 8.59. The van der Waals surface area contributed by atoms with Crippen LogP contribution in [0.4, 0.5) is 0 Å². The molecule has 0 saturated carbocycles. The first-order valence-corrected chi connectivity index (χ1v) is 7.07. The lowest BCUT2D eigenvalue weighted by atomic mass is 10.1. The lowest BCUT2D eigenvalue weighted by molar-refractivity contribution is 0.313. The van der Waals surface area contributed by atoms with E-state index in [9.17, 15) is 0 Å². The molecule has 1 N–H and O–H groups in total. The maximum atomic E-state index is 6.05. The van der Waals surface area contributed by atoms with Crippen LogP contribution in [-0.2, 0) is 0 Å². The molecule has 0 spiro atoms. The fourth-order valence-corrected chi connectivity index (χ4v) is 1.89. The van der Waals surface area contributed by atoms with Gasteiger partial charge in [0.25, 0.3) is 0 Å². The van der Waals surface area contributed by atoms with E-state index in [4.69, 9.17) is 16.3 Å². The smallest absolute Gasteiger partial charge is 0.138 e. The van der Waals surface area contributed by atoms with E-state index in [-0.39, 0.29) is 0 Å². The number of nitrogens with one attached hydrogen (secondary N) is 1. The second-order valence-corrected chi connectivity index (χ2v) is 5.48. The van der Waals surface area contributed by atoms with Crippen molar-refractivity contribution in [2.75, 3.05) is 19.7 Å². The zero-order valence-corrected chi connectivity index (χ0v) is 12.4. The molecule has 2 nitrogen and oxygen atoms in total.